The van der Waals surface area contributed by atoms with Crippen LogP contribution in [-0.4, -0.2) is 47.3 Å². The lowest BCUT2D eigenvalue weighted by Crippen LogP contribution is -2.37. The number of aromatic nitrogens is 3. The van der Waals surface area contributed by atoms with E-state index in [0.717, 1.165) is 28.3 Å². The second-order valence-electron chi connectivity index (χ2n) is 7.25. The Bertz CT molecular complexity index is 1070. The van der Waals surface area contributed by atoms with Gasteiger partial charge >= 0.3 is 6.03 Å². The Morgan fingerprint density at radius 1 is 1.27 bits per heavy atom. The van der Waals surface area contributed by atoms with Crippen molar-refractivity contribution in [2.75, 3.05) is 25.1 Å². The molecule has 0 spiro atoms. The summed E-state index contributed by atoms with van der Waals surface area (Å²) in [4.78, 5) is 28.2. The van der Waals surface area contributed by atoms with Gasteiger partial charge in [-0.15, -0.1) is 4.68 Å². The number of hydrogen-bond donors (Lipinski definition) is 1. The summed E-state index contributed by atoms with van der Waals surface area (Å²) in [6.07, 6.45) is 4.00. The van der Waals surface area contributed by atoms with E-state index in [1.54, 1.807) is 29.1 Å². The van der Waals surface area contributed by atoms with Gasteiger partial charge in [0.1, 0.15) is 23.7 Å². The number of benzene rings is 1. The molecule has 4 rings (SSSR count). The van der Waals surface area contributed by atoms with Crippen LogP contribution in [0.4, 0.5) is 10.5 Å². The van der Waals surface area contributed by atoms with E-state index >= 15 is 0 Å². The van der Waals surface area contributed by atoms with Crippen molar-refractivity contribution in [2.24, 2.45) is 0 Å². The number of nitrogens with zero attached hydrogens (tertiary/aromatic N) is 4. The zero-order chi connectivity index (χ0) is 21.3. The third-order valence-corrected chi connectivity index (χ3v) is 5.32. The molecule has 156 valence electrons. The Hall–Kier alpha value is -3.62. The number of methoxy groups -OCH3 is 1. The molecular formula is C21H24N5O4+. The predicted octanol–water partition coefficient (Wildman–Crippen LogP) is 1.98. The minimum atomic E-state index is -0.321. The Morgan fingerprint density at radius 3 is 2.80 bits per heavy atom. The molecule has 30 heavy (non-hydrogen) atoms. The van der Waals surface area contributed by atoms with Crippen LogP contribution in [0.25, 0.3) is 0 Å². The number of carbonyl (C=O) groups is 2. The molecule has 1 aliphatic heterocycles. The third-order valence-electron chi connectivity index (χ3n) is 5.32. The summed E-state index contributed by atoms with van der Waals surface area (Å²) in [6, 6.07) is 7.36. The van der Waals surface area contributed by atoms with E-state index in [4.69, 9.17) is 9.26 Å². The lowest BCUT2D eigenvalue weighted by Gasteiger charge is -2.16. The van der Waals surface area contributed by atoms with Crippen LogP contribution in [0.15, 0.2) is 41.2 Å². The van der Waals surface area contributed by atoms with Gasteiger partial charge in [-0.2, -0.15) is 5.10 Å². The van der Waals surface area contributed by atoms with Crippen molar-refractivity contribution < 1.29 is 23.5 Å². The normalized spacial score (nSPS) is 14.1. The molecule has 0 bridgehead atoms. The summed E-state index contributed by atoms with van der Waals surface area (Å²) in [5.41, 5.74) is 3.28. The van der Waals surface area contributed by atoms with E-state index in [1.807, 2.05) is 38.1 Å². The number of aryl methyl sites for hydroxylation is 2. The van der Waals surface area contributed by atoms with Crippen molar-refractivity contribution in [3.8, 4) is 5.75 Å². The summed E-state index contributed by atoms with van der Waals surface area (Å²) in [6.45, 7) is 4.74. The van der Waals surface area contributed by atoms with Gasteiger partial charge < -0.3 is 14.2 Å². The SMILES string of the molecule is COc1ccccc1CCN1CC(=O)N(c2c[nH][n+](Cc3c(C)noc3C)c2)C1=O. The van der Waals surface area contributed by atoms with Gasteiger partial charge in [-0.3, -0.25) is 4.79 Å². The molecule has 3 amide bonds. The molecule has 3 heterocycles. The van der Waals surface area contributed by atoms with E-state index in [9.17, 15) is 9.59 Å². The Kier molecular flexibility index (Phi) is 5.26. The number of aromatic amines is 1. The number of rotatable bonds is 7. The second-order valence-corrected chi connectivity index (χ2v) is 7.25. The first kappa shape index (κ1) is 19.7. The average Bonchev–Trinajstić information content (AvgIpc) is 3.40. The molecule has 2 aromatic heterocycles. The first-order chi connectivity index (χ1) is 14.5. The van der Waals surface area contributed by atoms with Crippen molar-refractivity contribution in [2.45, 2.75) is 26.8 Å². The van der Waals surface area contributed by atoms with Crippen molar-refractivity contribution in [1.29, 1.82) is 0 Å². The molecule has 9 nitrogen and oxygen atoms in total. The molecule has 1 fully saturated rings. The Balaban J connectivity index is 1.45. The molecule has 9 heteroatoms. The number of amides is 3. The molecule has 0 atom stereocenters. The van der Waals surface area contributed by atoms with Gasteiger partial charge in [-0.05, 0) is 31.9 Å². The minimum absolute atomic E-state index is 0.0586. The highest BCUT2D eigenvalue weighted by molar-refractivity contribution is 6.19. The molecule has 1 N–H and O–H groups in total. The number of ether oxygens (including phenoxy) is 1. The second kappa shape index (κ2) is 8.02. The van der Waals surface area contributed by atoms with Gasteiger partial charge in [-0.25, -0.2) is 9.69 Å². The minimum Gasteiger partial charge on any atom is -0.496 e. The van der Waals surface area contributed by atoms with E-state index in [0.29, 0.717) is 25.2 Å². The molecule has 1 saturated heterocycles. The number of imide groups is 1. The lowest BCUT2D eigenvalue weighted by molar-refractivity contribution is -0.742. The molecule has 0 aliphatic carbocycles. The van der Waals surface area contributed by atoms with Gasteiger partial charge in [-0.1, -0.05) is 23.4 Å². The smallest absolute Gasteiger partial charge is 0.332 e. The highest BCUT2D eigenvalue weighted by Crippen LogP contribution is 2.22. The standard InChI is InChI=1S/C21H23N5O4/c1-14-18(15(2)30-23-14)12-25-11-17(10-22-25)26-20(27)13-24(21(26)28)9-8-16-6-4-5-7-19(16)29-3/h4-7,10-11H,8-9,12-13H2,1-3H3/p+1. The fraction of sp³-hybridized carbons (Fsp3) is 0.333. The molecular weight excluding hydrogens is 386 g/mol. The maximum Gasteiger partial charge on any atom is 0.332 e. The first-order valence-corrected chi connectivity index (χ1v) is 9.71. The van der Waals surface area contributed by atoms with Crippen LogP contribution in [-0.2, 0) is 17.8 Å². The first-order valence-electron chi connectivity index (χ1n) is 9.71. The van der Waals surface area contributed by atoms with Crippen LogP contribution < -0.4 is 14.3 Å². The number of carbonyl (C=O) groups excluding carboxylic acids is 2. The zero-order valence-electron chi connectivity index (χ0n) is 17.2. The Morgan fingerprint density at radius 2 is 2.07 bits per heavy atom. The van der Waals surface area contributed by atoms with Crippen LogP contribution >= 0.6 is 0 Å². The zero-order valence-corrected chi connectivity index (χ0v) is 17.2. The number of nitrogens with one attached hydrogen (secondary N) is 1. The van der Waals surface area contributed by atoms with Crippen LogP contribution in [0.5, 0.6) is 5.75 Å². The van der Waals surface area contributed by atoms with Crippen molar-refractivity contribution in [3.05, 3.63) is 59.2 Å². The summed E-state index contributed by atoms with van der Waals surface area (Å²) < 4.78 is 12.3. The molecule has 0 saturated carbocycles. The van der Waals surface area contributed by atoms with Crippen molar-refractivity contribution >= 4 is 17.6 Å². The number of anilines is 1. The maximum absolute atomic E-state index is 12.9. The number of H-pyrrole nitrogens is 1. The van der Waals surface area contributed by atoms with Crippen molar-refractivity contribution in [3.63, 3.8) is 0 Å². The van der Waals surface area contributed by atoms with E-state index in [1.165, 1.54) is 4.90 Å². The van der Waals surface area contributed by atoms with Gasteiger partial charge in [0.25, 0.3) is 5.91 Å². The fourth-order valence-corrected chi connectivity index (χ4v) is 3.64. The van der Waals surface area contributed by atoms with Gasteiger partial charge in [0.2, 0.25) is 12.7 Å². The highest BCUT2D eigenvalue weighted by Gasteiger charge is 2.38. The Labute approximate surface area is 173 Å². The predicted molar refractivity (Wildman–Crippen MR) is 107 cm³/mol. The summed E-state index contributed by atoms with van der Waals surface area (Å²) in [7, 11) is 1.62. The van der Waals surface area contributed by atoms with Crippen LogP contribution in [0.2, 0.25) is 0 Å². The van der Waals surface area contributed by atoms with Gasteiger partial charge in [0, 0.05) is 6.54 Å². The van der Waals surface area contributed by atoms with Gasteiger partial charge in [0.05, 0.1) is 24.6 Å². The molecule has 0 unspecified atom stereocenters. The summed E-state index contributed by atoms with van der Waals surface area (Å²) in [5.74, 6) is 1.27. The number of para-hydroxylation sites is 1. The quantitative estimate of drug-likeness (QED) is 0.475. The van der Waals surface area contributed by atoms with Gasteiger partial charge in [0.15, 0.2) is 0 Å². The summed E-state index contributed by atoms with van der Waals surface area (Å²) >= 11 is 0. The molecule has 1 aromatic carbocycles. The monoisotopic (exact) mass is 410 g/mol. The van der Waals surface area contributed by atoms with Crippen molar-refractivity contribution in [1.82, 2.24) is 15.2 Å². The molecule has 0 radical (unpaired) electrons. The molecule has 3 aromatic rings. The van der Waals surface area contributed by atoms with Crippen LogP contribution in [0.1, 0.15) is 22.6 Å². The molecule has 1 aliphatic rings. The van der Waals surface area contributed by atoms with Crippen LogP contribution in [0, 0.1) is 13.8 Å². The van der Waals surface area contributed by atoms with E-state index in [-0.39, 0.29) is 18.5 Å². The lowest BCUT2D eigenvalue weighted by atomic mass is 10.1. The topological polar surface area (TPSA) is 95.6 Å². The fourth-order valence-electron chi connectivity index (χ4n) is 3.64. The number of urea groups is 1. The highest BCUT2D eigenvalue weighted by atomic mass is 16.5. The summed E-state index contributed by atoms with van der Waals surface area (Å²) in [5, 5.41) is 7.02. The van der Waals surface area contributed by atoms with E-state index < -0.39 is 0 Å². The largest absolute Gasteiger partial charge is 0.496 e. The third kappa shape index (κ3) is 3.66. The maximum atomic E-state index is 12.9. The van der Waals surface area contributed by atoms with E-state index in [2.05, 4.69) is 10.3 Å². The van der Waals surface area contributed by atoms with Crippen LogP contribution in [0.3, 0.4) is 0 Å². The number of hydrogen-bond acceptors (Lipinski definition) is 5. The average molecular weight is 410 g/mol.